The maximum absolute atomic E-state index is 11.1. The minimum atomic E-state index is -2.18. The fourth-order valence-corrected chi connectivity index (χ4v) is 2.13. The maximum Gasteiger partial charge on any atom is 0.186 e. The van der Waals surface area contributed by atoms with E-state index in [4.69, 9.17) is 38.3 Å². The predicted octanol–water partition coefficient (Wildman–Crippen LogP) is 0.530. The van der Waals surface area contributed by atoms with E-state index in [1.54, 1.807) is 18.2 Å². The lowest BCUT2D eigenvalue weighted by molar-refractivity contribution is -0.101. The van der Waals surface area contributed by atoms with Crippen molar-refractivity contribution in [2.24, 2.45) is 17.1 Å². The third-order valence-corrected chi connectivity index (χ3v) is 3.68. The van der Waals surface area contributed by atoms with Crippen molar-refractivity contribution >= 4 is 11.6 Å². The molecule has 1 rings (SSSR count). The number of nitrogens with two attached hydrogens (primary N) is 1. The summed E-state index contributed by atoms with van der Waals surface area (Å²) in [6.45, 7) is 1.29. The molecule has 7 nitrogen and oxygen atoms in total. The molecule has 0 radical (unpaired) electrons. The smallest absolute Gasteiger partial charge is 0.186 e. The Bertz CT molecular complexity index is 495. The van der Waals surface area contributed by atoms with E-state index >= 15 is 0 Å². The van der Waals surface area contributed by atoms with E-state index in [-0.39, 0.29) is 0 Å². The van der Waals surface area contributed by atoms with E-state index in [1.165, 1.54) is 6.92 Å². The molecule has 1 aliphatic rings. The van der Waals surface area contributed by atoms with Crippen LogP contribution in [-0.2, 0) is 0 Å². The van der Waals surface area contributed by atoms with Gasteiger partial charge in [0.1, 0.15) is 0 Å². The molecule has 0 saturated heterocycles. The molecule has 0 amide bonds. The molecule has 0 aromatic rings. The zero-order valence-electron chi connectivity index (χ0n) is 8.68. The molecule has 0 fully saturated rings. The SMILES string of the molecule is CC1C(C#N)(C#N)C(C#N)=C(N)C1(Cl)N([O-])O. The van der Waals surface area contributed by atoms with Gasteiger partial charge in [-0.3, -0.25) is 0 Å². The van der Waals surface area contributed by atoms with Gasteiger partial charge < -0.3 is 16.1 Å². The monoisotopic (exact) mass is 252 g/mol. The van der Waals surface area contributed by atoms with Crippen LogP contribution >= 0.6 is 11.6 Å². The topological polar surface area (TPSA) is 144 Å². The van der Waals surface area contributed by atoms with E-state index in [2.05, 4.69) is 0 Å². The number of rotatable bonds is 1. The molecule has 3 N–H and O–H groups in total. The van der Waals surface area contributed by atoms with Crippen molar-refractivity contribution in [1.82, 2.24) is 5.23 Å². The highest BCUT2D eigenvalue weighted by atomic mass is 35.5. The Morgan fingerprint density at radius 3 is 2.18 bits per heavy atom. The Hall–Kier alpha value is -1.82. The number of nitrogens with zero attached hydrogens (tertiary/aromatic N) is 4. The molecule has 0 saturated carbocycles. The van der Waals surface area contributed by atoms with Gasteiger partial charge >= 0.3 is 0 Å². The first-order valence-electron chi connectivity index (χ1n) is 4.41. The van der Waals surface area contributed by atoms with E-state index in [9.17, 15) is 5.21 Å². The van der Waals surface area contributed by atoms with Crippen molar-refractivity contribution in [3.63, 3.8) is 0 Å². The fraction of sp³-hybridized carbons (Fsp3) is 0.444. The van der Waals surface area contributed by atoms with Gasteiger partial charge in [0.15, 0.2) is 10.4 Å². The van der Waals surface area contributed by atoms with Crippen LogP contribution in [0.5, 0.6) is 0 Å². The molecule has 8 heteroatoms. The first-order chi connectivity index (χ1) is 7.82. The minimum absolute atomic E-state index is 0.403. The second-order valence-electron chi connectivity index (χ2n) is 3.60. The molecule has 0 aromatic carbocycles. The highest BCUT2D eigenvalue weighted by molar-refractivity contribution is 6.26. The summed E-state index contributed by atoms with van der Waals surface area (Å²) < 4.78 is 0. The van der Waals surface area contributed by atoms with Crippen LogP contribution in [0, 0.1) is 50.5 Å². The Kier molecular flexibility index (Phi) is 3.03. The number of hydrogen-bond acceptors (Lipinski definition) is 7. The standard InChI is InChI=1S/C9H7ClN5O2/c1-5-8(3-12,4-13)6(2-11)7(14)9(5,10)15(16)17/h5,16H,14H2,1H3/q-1. The number of allylic oxidation sites excluding steroid dienone is 1. The van der Waals surface area contributed by atoms with E-state index in [1.807, 2.05) is 0 Å². The molecule has 88 valence electrons. The van der Waals surface area contributed by atoms with Gasteiger partial charge in [0.05, 0.1) is 29.5 Å². The Morgan fingerprint density at radius 1 is 1.47 bits per heavy atom. The van der Waals surface area contributed by atoms with Crippen molar-refractivity contribution < 1.29 is 5.21 Å². The van der Waals surface area contributed by atoms with Crippen LogP contribution in [0.2, 0.25) is 0 Å². The number of halogens is 1. The maximum atomic E-state index is 11.1. The van der Waals surface area contributed by atoms with Crippen LogP contribution in [0.4, 0.5) is 0 Å². The fourth-order valence-electron chi connectivity index (χ4n) is 1.87. The second-order valence-corrected chi connectivity index (χ2v) is 4.18. The van der Waals surface area contributed by atoms with Crippen molar-refractivity contribution in [2.75, 3.05) is 0 Å². The van der Waals surface area contributed by atoms with Gasteiger partial charge in [-0.15, -0.1) is 0 Å². The molecule has 0 bridgehead atoms. The van der Waals surface area contributed by atoms with Crippen LogP contribution in [-0.4, -0.2) is 15.4 Å². The predicted molar refractivity (Wildman–Crippen MR) is 55.2 cm³/mol. The molecule has 0 aliphatic heterocycles. The summed E-state index contributed by atoms with van der Waals surface area (Å²) >= 11 is 5.85. The zero-order chi connectivity index (χ0) is 13.4. The van der Waals surface area contributed by atoms with Crippen LogP contribution in [0.1, 0.15) is 6.92 Å². The molecular weight excluding hydrogens is 246 g/mol. The number of alkyl halides is 1. The van der Waals surface area contributed by atoms with Crippen LogP contribution < -0.4 is 5.73 Å². The van der Waals surface area contributed by atoms with E-state index in [0.717, 1.165) is 0 Å². The van der Waals surface area contributed by atoms with Crippen molar-refractivity contribution in [3.8, 4) is 18.2 Å². The van der Waals surface area contributed by atoms with E-state index < -0.39 is 32.8 Å². The quantitative estimate of drug-likeness (QED) is 0.393. The molecule has 0 spiro atoms. The number of nitriles is 3. The van der Waals surface area contributed by atoms with Gasteiger partial charge in [-0.05, 0) is 0 Å². The lowest BCUT2D eigenvalue weighted by atomic mass is 9.76. The molecule has 1 aliphatic carbocycles. The van der Waals surface area contributed by atoms with Crippen molar-refractivity contribution in [1.29, 1.82) is 15.8 Å². The van der Waals surface area contributed by atoms with Crippen LogP contribution in [0.15, 0.2) is 11.3 Å². The Labute approximate surface area is 102 Å². The van der Waals surface area contributed by atoms with Crippen LogP contribution in [0.25, 0.3) is 0 Å². The van der Waals surface area contributed by atoms with Gasteiger partial charge in [-0.25, -0.2) is 5.23 Å². The van der Waals surface area contributed by atoms with Gasteiger partial charge in [-0.2, -0.15) is 15.8 Å². The van der Waals surface area contributed by atoms with E-state index in [0.29, 0.717) is 0 Å². The summed E-state index contributed by atoms with van der Waals surface area (Å²) in [5.74, 6) is -1.16. The summed E-state index contributed by atoms with van der Waals surface area (Å²) in [4.78, 5) is -2.18. The highest BCUT2D eigenvalue weighted by Gasteiger charge is 2.61. The average Bonchev–Trinajstić information content (AvgIpc) is 2.48. The molecule has 0 aromatic heterocycles. The third-order valence-electron chi connectivity index (χ3n) is 3.01. The zero-order valence-corrected chi connectivity index (χ0v) is 9.43. The molecule has 17 heavy (non-hydrogen) atoms. The largest absolute Gasteiger partial charge is 0.761 e. The third kappa shape index (κ3) is 1.30. The minimum Gasteiger partial charge on any atom is -0.761 e. The summed E-state index contributed by atoms with van der Waals surface area (Å²) in [6, 6.07) is 4.87. The summed E-state index contributed by atoms with van der Waals surface area (Å²) in [6.07, 6.45) is 0. The van der Waals surface area contributed by atoms with Gasteiger partial charge in [0, 0.05) is 5.92 Å². The Balaban J connectivity index is 3.64. The second kappa shape index (κ2) is 3.89. The van der Waals surface area contributed by atoms with Crippen LogP contribution in [0.3, 0.4) is 0 Å². The summed E-state index contributed by atoms with van der Waals surface area (Å²) in [5.41, 5.74) is 2.69. The molecular formula is C9H7ClN5O2-. The average molecular weight is 253 g/mol. The summed E-state index contributed by atoms with van der Waals surface area (Å²) in [5, 5.41) is 46.4. The number of hydrogen-bond donors (Lipinski definition) is 2. The van der Waals surface area contributed by atoms with Gasteiger partial charge in [0.25, 0.3) is 0 Å². The summed E-state index contributed by atoms with van der Waals surface area (Å²) in [7, 11) is 0. The molecule has 2 atom stereocenters. The highest BCUT2D eigenvalue weighted by Crippen LogP contribution is 2.54. The lowest BCUT2D eigenvalue weighted by Crippen LogP contribution is -2.48. The normalized spacial score (nSPS) is 30.8. The van der Waals surface area contributed by atoms with Crippen molar-refractivity contribution in [3.05, 3.63) is 16.5 Å². The molecule has 0 heterocycles. The lowest BCUT2D eigenvalue weighted by Gasteiger charge is -2.41. The Morgan fingerprint density at radius 2 is 1.94 bits per heavy atom. The van der Waals surface area contributed by atoms with Gasteiger partial charge in [-0.1, -0.05) is 18.5 Å². The first-order valence-corrected chi connectivity index (χ1v) is 4.79. The van der Waals surface area contributed by atoms with Crippen molar-refractivity contribution in [2.45, 2.75) is 11.9 Å². The molecule has 2 unspecified atom stereocenters. The first kappa shape index (κ1) is 13.2. The van der Waals surface area contributed by atoms with Gasteiger partial charge in [0.2, 0.25) is 0 Å². The number of hydroxylamine groups is 2.